The smallest absolute Gasteiger partial charge is 0.141 e. The third kappa shape index (κ3) is 4.44. The lowest BCUT2D eigenvalue weighted by Crippen LogP contribution is -2.36. The number of nitrogens with one attached hydrogen (secondary N) is 2. The first-order valence-electron chi connectivity index (χ1n) is 14.1. The number of aromatic amines is 1. The molecule has 0 bridgehead atoms. The van der Waals surface area contributed by atoms with E-state index >= 15 is 0 Å². The normalized spacial score (nSPS) is 22.1. The Morgan fingerprint density at radius 1 is 0.947 bits per heavy atom. The Morgan fingerprint density at radius 2 is 1.71 bits per heavy atom. The second-order valence-electron chi connectivity index (χ2n) is 11.1. The van der Waals surface area contributed by atoms with Gasteiger partial charge in [-0.2, -0.15) is 0 Å². The number of morpholine rings is 1. The highest BCUT2D eigenvalue weighted by atomic mass is 16.5. The van der Waals surface area contributed by atoms with Crippen molar-refractivity contribution >= 4 is 22.4 Å². The van der Waals surface area contributed by atoms with Crippen molar-refractivity contribution in [2.24, 2.45) is 11.8 Å². The third-order valence-electron chi connectivity index (χ3n) is 8.82. The Balaban J connectivity index is 1.16. The van der Waals surface area contributed by atoms with Gasteiger partial charge in [-0.05, 0) is 67.0 Å². The summed E-state index contributed by atoms with van der Waals surface area (Å²) >= 11 is 0. The van der Waals surface area contributed by atoms with Gasteiger partial charge in [-0.3, -0.25) is 0 Å². The number of ether oxygens (including phenoxy) is 1. The predicted molar refractivity (Wildman–Crippen MR) is 153 cm³/mol. The van der Waals surface area contributed by atoms with Crippen LogP contribution < -0.4 is 10.3 Å². The molecule has 2 aromatic heterocycles. The fourth-order valence-corrected chi connectivity index (χ4v) is 6.66. The maximum Gasteiger partial charge on any atom is 0.141 e. The first kappa shape index (κ1) is 23.7. The number of benzene rings is 2. The molecule has 4 aromatic rings. The van der Waals surface area contributed by atoms with Crippen molar-refractivity contribution in [1.29, 1.82) is 0 Å². The lowest BCUT2D eigenvalue weighted by Gasteiger charge is -2.28. The number of hydrogen-bond acceptors (Lipinski definition) is 6. The van der Waals surface area contributed by atoms with Crippen LogP contribution in [-0.4, -0.2) is 59.4 Å². The van der Waals surface area contributed by atoms with Crippen LogP contribution >= 0.6 is 0 Å². The van der Waals surface area contributed by atoms with Gasteiger partial charge >= 0.3 is 0 Å². The number of anilines is 2. The molecule has 2 atom stereocenters. The summed E-state index contributed by atoms with van der Waals surface area (Å²) in [7, 11) is 0. The number of hydrogen-bond donors (Lipinski definition) is 2. The van der Waals surface area contributed by atoms with Gasteiger partial charge in [0.2, 0.25) is 0 Å². The van der Waals surface area contributed by atoms with Gasteiger partial charge in [-0.25, -0.2) is 15.0 Å². The van der Waals surface area contributed by atoms with Crippen molar-refractivity contribution in [2.45, 2.75) is 32.6 Å². The van der Waals surface area contributed by atoms with Crippen molar-refractivity contribution in [3.05, 3.63) is 60.4 Å². The molecule has 2 N–H and O–H groups in total. The molecule has 2 aliphatic heterocycles. The Kier molecular flexibility index (Phi) is 6.26. The van der Waals surface area contributed by atoms with E-state index in [0.29, 0.717) is 0 Å². The summed E-state index contributed by atoms with van der Waals surface area (Å²) in [6, 6.07) is 17.5. The summed E-state index contributed by atoms with van der Waals surface area (Å²) in [6.07, 6.45) is 7.22. The summed E-state index contributed by atoms with van der Waals surface area (Å²) in [6.45, 7) is 7.97. The fourth-order valence-electron chi connectivity index (χ4n) is 6.66. The molecule has 0 amide bonds. The fraction of sp³-hybridized carbons (Fsp3) is 0.419. The van der Waals surface area contributed by atoms with Gasteiger partial charge in [0, 0.05) is 48.5 Å². The highest BCUT2D eigenvalue weighted by molar-refractivity contribution is 5.95. The SMILES string of the molecule is Cc1c(NN2CC3CCCCC3C2)cccc1-c1ncnc2[nH]c(-c3ccc(N4CCOCC4)cc3)cc12. The standard InChI is InChI=1S/C31H36N6O/c1-21-26(7-4-8-28(21)35-37-18-23-5-2-3-6-24(23)19-37)30-27-17-29(34-31(27)33-20-32-30)22-9-11-25(12-10-22)36-13-15-38-16-14-36/h4,7-12,17,20,23-24,35H,2-3,5-6,13-16,18-19H2,1H3,(H,32,33,34). The van der Waals surface area contributed by atoms with E-state index in [1.54, 1.807) is 6.33 Å². The summed E-state index contributed by atoms with van der Waals surface area (Å²) in [5.74, 6) is 1.70. The first-order valence-corrected chi connectivity index (χ1v) is 14.1. The maximum absolute atomic E-state index is 5.50. The van der Waals surface area contributed by atoms with Crippen molar-refractivity contribution in [2.75, 3.05) is 49.7 Å². The molecule has 1 saturated carbocycles. The van der Waals surface area contributed by atoms with Crippen LogP contribution in [0.5, 0.6) is 0 Å². The Morgan fingerprint density at radius 3 is 2.47 bits per heavy atom. The Hall–Kier alpha value is -3.42. The molecule has 3 aliphatic rings. The molecule has 3 fully saturated rings. The lowest BCUT2D eigenvalue weighted by atomic mass is 9.82. The van der Waals surface area contributed by atoms with Crippen LogP contribution in [0.4, 0.5) is 11.4 Å². The average molecular weight is 509 g/mol. The summed E-state index contributed by atoms with van der Waals surface area (Å²) in [5.41, 5.74) is 12.6. The van der Waals surface area contributed by atoms with E-state index in [1.165, 1.54) is 42.6 Å². The predicted octanol–water partition coefficient (Wildman–Crippen LogP) is 5.89. The molecular weight excluding hydrogens is 472 g/mol. The van der Waals surface area contributed by atoms with Crippen LogP contribution in [0, 0.1) is 18.8 Å². The molecule has 7 heteroatoms. The van der Waals surface area contributed by atoms with Crippen molar-refractivity contribution in [3.8, 4) is 22.5 Å². The van der Waals surface area contributed by atoms with Crippen LogP contribution in [0.3, 0.4) is 0 Å². The van der Waals surface area contributed by atoms with Crippen molar-refractivity contribution < 1.29 is 4.74 Å². The van der Waals surface area contributed by atoms with Crippen LogP contribution in [-0.2, 0) is 4.74 Å². The number of aromatic nitrogens is 3. The molecule has 2 saturated heterocycles. The maximum atomic E-state index is 5.50. The minimum Gasteiger partial charge on any atom is -0.378 e. The van der Waals surface area contributed by atoms with Gasteiger partial charge in [0.05, 0.1) is 24.6 Å². The number of fused-ring (bicyclic) bond motifs is 2. The number of H-pyrrole nitrogens is 1. The van der Waals surface area contributed by atoms with Crippen molar-refractivity contribution in [3.63, 3.8) is 0 Å². The van der Waals surface area contributed by atoms with Crippen LogP contribution in [0.2, 0.25) is 0 Å². The Bertz CT molecular complexity index is 1410. The van der Waals surface area contributed by atoms with E-state index in [9.17, 15) is 0 Å². The number of hydrazine groups is 1. The van der Waals surface area contributed by atoms with E-state index in [2.05, 4.69) is 80.8 Å². The first-order chi connectivity index (χ1) is 18.7. The molecule has 196 valence electrons. The molecule has 1 aliphatic carbocycles. The summed E-state index contributed by atoms with van der Waals surface area (Å²) in [5, 5.41) is 3.49. The number of rotatable bonds is 5. The molecule has 2 unspecified atom stereocenters. The van der Waals surface area contributed by atoms with E-state index < -0.39 is 0 Å². The zero-order chi connectivity index (χ0) is 25.5. The zero-order valence-electron chi connectivity index (χ0n) is 22.1. The van der Waals surface area contributed by atoms with Crippen LogP contribution in [0.15, 0.2) is 54.9 Å². The summed E-state index contributed by atoms with van der Waals surface area (Å²) in [4.78, 5) is 15.2. The zero-order valence-corrected chi connectivity index (χ0v) is 22.1. The molecule has 2 aromatic carbocycles. The molecule has 38 heavy (non-hydrogen) atoms. The van der Waals surface area contributed by atoms with E-state index in [-0.39, 0.29) is 0 Å². The largest absolute Gasteiger partial charge is 0.378 e. The van der Waals surface area contributed by atoms with Gasteiger partial charge in [-0.15, -0.1) is 0 Å². The summed E-state index contributed by atoms with van der Waals surface area (Å²) < 4.78 is 5.50. The van der Waals surface area contributed by atoms with E-state index in [1.807, 2.05) is 0 Å². The lowest BCUT2D eigenvalue weighted by molar-refractivity contribution is 0.122. The van der Waals surface area contributed by atoms with Gasteiger partial charge in [0.1, 0.15) is 12.0 Å². The topological polar surface area (TPSA) is 69.3 Å². The third-order valence-corrected chi connectivity index (χ3v) is 8.82. The van der Waals surface area contributed by atoms with E-state index in [0.717, 1.165) is 84.8 Å². The molecule has 4 heterocycles. The van der Waals surface area contributed by atoms with Gasteiger partial charge in [0.25, 0.3) is 0 Å². The molecular formula is C31H36N6O. The van der Waals surface area contributed by atoms with Gasteiger partial charge < -0.3 is 20.0 Å². The minimum atomic E-state index is 0.792. The quantitative estimate of drug-likeness (QED) is 0.351. The Labute approximate surface area is 224 Å². The average Bonchev–Trinajstić information content (AvgIpc) is 3.59. The highest BCUT2D eigenvalue weighted by Crippen LogP contribution is 2.38. The monoisotopic (exact) mass is 508 g/mol. The van der Waals surface area contributed by atoms with Crippen LogP contribution in [0.25, 0.3) is 33.5 Å². The van der Waals surface area contributed by atoms with Gasteiger partial charge in [0.15, 0.2) is 0 Å². The number of nitrogens with zero attached hydrogens (tertiary/aromatic N) is 4. The van der Waals surface area contributed by atoms with E-state index in [4.69, 9.17) is 9.72 Å². The second kappa shape index (κ2) is 10.0. The molecule has 7 rings (SSSR count). The second-order valence-corrected chi connectivity index (χ2v) is 11.1. The molecule has 7 nitrogen and oxygen atoms in total. The highest BCUT2D eigenvalue weighted by Gasteiger charge is 2.34. The minimum absolute atomic E-state index is 0.792. The van der Waals surface area contributed by atoms with Crippen LogP contribution in [0.1, 0.15) is 31.2 Å². The van der Waals surface area contributed by atoms with Crippen molar-refractivity contribution in [1.82, 2.24) is 20.0 Å². The molecule has 0 spiro atoms. The molecule has 0 radical (unpaired) electrons. The van der Waals surface area contributed by atoms with Gasteiger partial charge in [-0.1, -0.05) is 37.1 Å².